The Balaban J connectivity index is 2.93. The van der Waals surface area contributed by atoms with Crippen LogP contribution < -0.4 is 0 Å². The first-order valence-electron chi connectivity index (χ1n) is 4.48. The highest BCUT2D eigenvalue weighted by Crippen LogP contribution is 2.27. The summed E-state index contributed by atoms with van der Waals surface area (Å²) in [4.78, 5) is 12.3. The van der Waals surface area contributed by atoms with E-state index in [1.807, 2.05) is 0 Å². The van der Waals surface area contributed by atoms with Gasteiger partial charge in [-0.25, -0.2) is 0 Å². The van der Waals surface area contributed by atoms with Crippen molar-refractivity contribution in [1.29, 1.82) is 0 Å². The third-order valence-electron chi connectivity index (χ3n) is 1.95. The van der Waals surface area contributed by atoms with Crippen molar-refractivity contribution in [3.05, 3.63) is 33.3 Å². The Hall–Kier alpha value is -0.750. The van der Waals surface area contributed by atoms with Crippen LogP contribution in [0.2, 0.25) is 5.02 Å². The Bertz CT molecular complexity index is 436. The number of amides is 1. The third-order valence-corrected chi connectivity index (χ3v) is 3.24. The van der Waals surface area contributed by atoms with Gasteiger partial charge in [0.05, 0.1) is 10.6 Å². The molecule has 0 radical (unpaired) electrons. The maximum atomic E-state index is 12.1. The number of halogens is 5. The van der Waals surface area contributed by atoms with Crippen LogP contribution in [0.3, 0.4) is 0 Å². The Morgan fingerprint density at radius 3 is 2.59 bits per heavy atom. The van der Waals surface area contributed by atoms with E-state index in [1.54, 1.807) is 6.07 Å². The first-order valence-corrected chi connectivity index (χ1v) is 5.65. The van der Waals surface area contributed by atoms with Crippen LogP contribution in [0.15, 0.2) is 22.7 Å². The second-order valence-corrected chi connectivity index (χ2v) is 4.61. The number of carbonyl (C=O) groups excluding carboxylic acids is 1. The van der Waals surface area contributed by atoms with Crippen LogP contribution in [0.5, 0.6) is 0 Å². The molecule has 0 saturated carbocycles. The van der Waals surface area contributed by atoms with Crippen LogP contribution in [0.25, 0.3) is 0 Å². The summed E-state index contributed by atoms with van der Waals surface area (Å²) in [5.41, 5.74) is 0.0350. The minimum Gasteiger partial charge on any atom is -0.333 e. The number of benzene rings is 1. The van der Waals surface area contributed by atoms with Gasteiger partial charge in [0, 0.05) is 11.5 Å². The molecule has 2 nitrogen and oxygen atoms in total. The summed E-state index contributed by atoms with van der Waals surface area (Å²) in [6, 6.07) is 4.51. The average molecular weight is 331 g/mol. The van der Waals surface area contributed by atoms with E-state index in [0.29, 0.717) is 9.37 Å². The van der Waals surface area contributed by atoms with Gasteiger partial charge in [-0.3, -0.25) is 4.79 Å². The van der Waals surface area contributed by atoms with Crippen LogP contribution in [0.1, 0.15) is 10.4 Å². The van der Waals surface area contributed by atoms with Gasteiger partial charge in [0.1, 0.15) is 6.54 Å². The predicted molar refractivity (Wildman–Crippen MR) is 62.2 cm³/mol. The normalized spacial score (nSPS) is 11.4. The van der Waals surface area contributed by atoms with Gasteiger partial charge in [-0.1, -0.05) is 17.7 Å². The van der Waals surface area contributed by atoms with Crippen molar-refractivity contribution in [3.63, 3.8) is 0 Å². The van der Waals surface area contributed by atoms with Crippen LogP contribution >= 0.6 is 27.5 Å². The van der Waals surface area contributed by atoms with Gasteiger partial charge < -0.3 is 4.90 Å². The highest BCUT2D eigenvalue weighted by atomic mass is 79.9. The fourth-order valence-electron chi connectivity index (χ4n) is 1.22. The largest absolute Gasteiger partial charge is 0.406 e. The molecule has 1 amide bonds. The molecule has 0 aliphatic heterocycles. The molecule has 1 aromatic rings. The smallest absolute Gasteiger partial charge is 0.333 e. The molecule has 0 spiro atoms. The summed E-state index contributed by atoms with van der Waals surface area (Å²) >= 11 is 8.93. The Labute approximate surface area is 109 Å². The number of alkyl halides is 3. The molecule has 0 fully saturated rings. The number of hydrogen-bond acceptors (Lipinski definition) is 1. The van der Waals surface area contributed by atoms with Crippen molar-refractivity contribution < 1.29 is 18.0 Å². The Morgan fingerprint density at radius 1 is 1.47 bits per heavy atom. The highest BCUT2D eigenvalue weighted by molar-refractivity contribution is 9.10. The van der Waals surface area contributed by atoms with E-state index in [-0.39, 0.29) is 10.6 Å². The lowest BCUT2D eigenvalue weighted by molar-refractivity contribution is -0.138. The van der Waals surface area contributed by atoms with Gasteiger partial charge in [0.2, 0.25) is 0 Å². The first kappa shape index (κ1) is 14.3. The molecule has 0 aliphatic rings. The fourth-order valence-corrected chi connectivity index (χ4v) is 1.79. The molecule has 0 aliphatic carbocycles. The van der Waals surface area contributed by atoms with Crippen LogP contribution in [0.4, 0.5) is 13.2 Å². The SMILES string of the molecule is CN(CC(F)(F)F)C(=O)c1cccc(Br)c1Cl. The second kappa shape index (κ2) is 5.27. The van der Waals surface area contributed by atoms with E-state index in [2.05, 4.69) is 15.9 Å². The molecule has 94 valence electrons. The van der Waals surface area contributed by atoms with Gasteiger partial charge in [0.25, 0.3) is 5.91 Å². The molecular weight excluding hydrogens is 322 g/mol. The maximum Gasteiger partial charge on any atom is 0.406 e. The zero-order valence-electron chi connectivity index (χ0n) is 8.68. The molecule has 1 rings (SSSR count). The minimum atomic E-state index is -4.43. The molecule has 0 unspecified atom stereocenters. The second-order valence-electron chi connectivity index (χ2n) is 3.38. The van der Waals surface area contributed by atoms with Gasteiger partial charge in [-0.15, -0.1) is 0 Å². The molecule has 0 heterocycles. The topological polar surface area (TPSA) is 20.3 Å². The molecule has 0 saturated heterocycles. The molecule has 0 bridgehead atoms. The quantitative estimate of drug-likeness (QED) is 0.809. The molecule has 7 heteroatoms. The molecule has 0 N–H and O–H groups in total. The van der Waals surface area contributed by atoms with E-state index in [0.717, 1.165) is 7.05 Å². The lowest BCUT2D eigenvalue weighted by Crippen LogP contribution is -2.35. The van der Waals surface area contributed by atoms with Crippen LogP contribution in [-0.2, 0) is 0 Å². The van der Waals surface area contributed by atoms with Gasteiger partial charge >= 0.3 is 6.18 Å². The summed E-state index contributed by atoms with van der Waals surface area (Å²) < 4.78 is 36.8. The van der Waals surface area contributed by atoms with E-state index < -0.39 is 18.6 Å². The van der Waals surface area contributed by atoms with Gasteiger partial charge in [0.15, 0.2) is 0 Å². The average Bonchev–Trinajstić information content (AvgIpc) is 2.18. The van der Waals surface area contributed by atoms with E-state index >= 15 is 0 Å². The monoisotopic (exact) mass is 329 g/mol. The fraction of sp³-hybridized carbons (Fsp3) is 0.300. The number of rotatable bonds is 2. The predicted octanol–water partition coefficient (Wildman–Crippen LogP) is 3.74. The van der Waals surface area contributed by atoms with Gasteiger partial charge in [-0.05, 0) is 28.1 Å². The summed E-state index contributed by atoms with van der Waals surface area (Å²) in [5.74, 6) is -0.770. The van der Waals surface area contributed by atoms with Crippen molar-refractivity contribution in [2.24, 2.45) is 0 Å². The zero-order chi connectivity index (χ0) is 13.2. The zero-order valence-corrected chi connectivity index (χ0v) is 11.0. The van der Waals surface area contributed by atoms with Crippen LogP contribution in [-0.4, -0.2) is 30.6 Å². The van der Waals surface area contributed by atoms with E-state index in [1.165, 1.54) is 12.1 Å². The van der Waals surface area contributed by atoms with Gasteiger partial charge in [-0.2, -0.15) is 13.2 Å². The number of carbonyl (C=O) groups is 1. The lowest BCUT2D eigenvalue weighted by atomic mass is 10.2. The summed E-state index contributed by atoms with van der Waals surface area (Å²) in [7, 11) is 1.08. The van der Waals surface area contributed by atoms with Crippen molar-refractivity contribution in [1.82, 2.24) is 4.90 Å². The van der Waals surface area contributed by atoms with E-state index in [9.17, 15) is 18.0 Å². The first-order chi connectivity index (χ1) is 7.72. The molecular formula is C10H8BrClF3NO. The van der Waals surface area contributed by atoms with Crippen molar-refractivity contribution in [3.8, 4) is 0 Å². The summed E-state index contributed by atoms with van der Waals surface area (Å²) in [5, 5.41) is 0.103. The molecule has 0 atom stereocenters. The van der Waals surface area contributed by atoms with Crippen molar-refractivity contribution in [2.75, 3.05) is 13.6 Å². The number of nitrogens with zero attached hydrogens (tertiary/aromatic N) is 1. The Kier molecular flexibility index (Phi) is 4.43. The van der Waals surface area contributed by atoms with Crippen LogP contribution in [0, 0.1) is 0 Å². The summed E-state index contributed by atoms with van der Waals surface area (Å²) in [6.45, 7) is -1.31. The molecule has 0 aromatic heterocycles. The van der Waals surface area contributed by atoms with Crippen molar-refractivity contribution in [2.45, 2.75) is 6.18 Å². The minimum absolute atomic E-state index is 0.0350. The lowest BCUT2D eigenvalue weighted by Gasteiger charge is -2.19. The van der Waals surface area contributed by atoms with E-state index in [4.69, 9.17) is 11.6 Å². The third kappa shape index (κ3) is 3.89. The highest BCUT2D eigenvalue weighted by Gasteiger charge is 2.32. The Morgan fingerprint density at radius 2 is 2.06 bits per heavy atom. The maximum absolute atomic E-state index is 12.1. The molecule has 17 heavy (non-hydrogen) atoms. The number of hydrogen-bond donors (Lipinski definition) is 0. The summed E-state index contributed by atoms with van der Waals surface area (Å²) in [6.07, 6.45) is -4.43. The molecule has 1 aromatic carbocycles. The standard InChI is InChI=1S/C10H8BrClF3NO/c1-16(5-10(13,14)15)9(17)6-3-2-4-7(11)8(6)12/h2-4H,5H2,1H3. The van der Waals surface area contributed by atoms with Crippen molar-refractivity contribution >= 4 is 33.4 Å².